The third kappa shape index (κ3) is 2.97. The Bertz CT molecular complexity index is 498. The summed E-state index contributed by atoms with van der Waals surface area (Å²) in [6, 6.07) is 12.7. The molecule has 0 radical (unpaired) electrons. The molecule has 2 rings (SSSR count). The molecule has 0 aliphatic rings. The number of anilines is 1. The molecule has 2 nitrogen and oxygen atoms in total. The molecule has 90 valence electrons. The van der Waals surface area contributed by atoms with Crippen LogP contribution in [0.3, 0.4) is 0 Å². The highest BCUT2D eigenvalue weighted by Gasteiger charge is 2.10. The van der Waals surface area contributed by atoms with Crippen LogP contribution in [0.1, 0.15) is 13.8 Å². The molecule has 2 aromatic rings. The molecule has 0 saturated heterocycles. The molecule has 0 bridgehead atoms. The molecule has 1 heterocycles. The molecule has 0 aliphatic carbocycles. The number of para-hydroxylation sites is 1. The maximum absolute atomic E-state index is 4.61. The number of hydrogen-bond acceptors (Lipinski definition) is 2. The monoisotopic (exact) mass is 292 g/mol. The SMILES string of the molecule is CC(CBr)C(C)Nc1ccc2ccccc2n1. The zero-order valence-corrected chi connectivity index (χ0v) is 11.7. The number of fused-ring (bicyclic) bond motifs is 1. The molecular formula is C14H17BrN2. The van der Waals surface area contributed by atoms with E-state index in [0.29, 0.717) is 12.0 Å². The lowest BCUT2D eigenvalue weighted by Crippen LogP contribution is -2.25. The molecule has 1 aromatic carbocycles. The van der Waals surface area contributed by atoms with Crippen LogP contribution in [0.2, 0.25) is 0 Å². The molecular weight excluding hydrogens is 276 g/mol. The number of halogens is 1. The summed E-state index contributed by atoms with van der Waals surface area (Å²) in [6.07, 6.45) is 0. The van der Waals surface area contributed by atoms with Crippen molar-refractivity contribution in [1.29, 1.82) is 0 Å². The Morgan fingerprint density at radius 2 is 1.94 bits per heavy atom. The molecule has 0 fully saturated rings. The Morgan fingerprint density at radius 1 is 1.18 bits per heavy atom. The number of hydrogen-bond donors (Lipinski definition) is 1. The summed E-state index contributed by atoms with van der Waals surface area (Å²) in [5.41, 5.74) is 1.04. The number of pyridine rings is 1. The van der Waals surface area contributed by atoms with Crippen molar-refractivity contribution in [1.82, 2.24) is 4.98 Å². The van der Waals surface area contributed by atoms with Gasteiger partial charge >= 0.3 is 0 Å². The fourth-order valence-corrected chi connectivity index (χ4v) is 2.22. The maximum atomic E-state index is 4.61. The first kappa shape index (κ1) is 12.4. The molecule has 0 saturated carbocycles. The van der Waals surface area contributed by atoms with Gasteiger partial charge in [-0.05, 0) is 31.0 Å². The fourth-order valence-electron chi connectivity index (χ4n) is 1.66. The predicted octanol–water partition coefficient (Wildman–Crippen LogP) is 4.07. The van der Waals surface area contributed by atoms with Crippen LogP contribution in [0.25, 0.3) is 10.9 Å². The van der Waals surface area contributed by atoms with Gasteiger partial charge in [0.15, 0.2) is 0 Å². The van der Waals surface area contributed by atoms with Gasteiger partial charge in [-0.25, -0.2) is 4.98 Å². The van der Waals surface area contributed by atoms with Crippen molar-refractivity contribution in [3.8, 4) is 0 Å². The molecule has 2 atom stereocenters. The minimum absolute atomic E-state index is 0.406. The van der Waals surface area contributed by atoms with Crippen LogP contribution < -0.4 is 5.32 Å². The van der Waals surface area contributed by atoms with Gasteiger partial charge in [-0.1, -0.05) is 41.1 Å². The van der Waals surface area contributed by atoms with E-state index in [4.69, 9.17) is 0 Å². The van der Waals surface area contributed by atoms with Gasteiger partial charge < -0.3 is 5.32 Å². The van der Waals surface area contributed by atoms with Gasteiger partial charge in [-0.3, -0.25) is 0 Å². The number of nitrogens with one attached hydrogen (secondary N) is 1. The van der Waals surface area contributed by atoms with Crippen molar-refractivity contribution in [3.05, 3.63) is 36.4 Å². The van der Waals surface area contributed by atoms with Crippen LogP contribution in [0.15, 0.2) is 36.4 Å². The highest BCUT2D eigenvalue weighted by Crippen LogP contribution is 2.17. The first-order valence-electron chi connectivity index (χ1n) is 5.89. The van der Waals surface area contributed by atoms with E-state index in [1.54, 1.807) is 0 Å². The van der Waals surface area contributed by atoms with Crippen molar-refractivity contribution in [2.45, 2.75) is 19.9 Å². The first-order valence-corrected chi connectivity index (χ1v) is 7.01. The maximum Gasteiger partial charge on any atom is 0.126 e. The van der Waals surface area contributed by atoms with E-state index >= 15 is 0 Å². The van der Waals surface area contributed by atoms with E-state index in [2.05, 4.69) is 52.2 Å². The van der Waals surface area contributed by atoms with Gasteiger partial charge in [-0.2, -0.15) is 0 Å². The Hall–Kier alpha value is -1.09. The molecule has 1 N–H and O–H groups in total. The lowest BCUT2D eigenvalue weighted by molar-refractivity contribution is 0.571. The second-order valence-corrected chi connectivity index (χ2v) is 5.10. The lowest BCUT2D eigenvalue weighted by atomic mass is 10.1. The van der Waals surface area contributed by atoms with Gasteiger partial charge in [0.2, 0.25) is 0 Å². The first-order chi connectivity index (χ1) is 8.20. The van der Waals surface area contributed by atoms with Crippen molar-refractivity contribution in [2.24, 2.45) is 5.92 Å². The van der Waals surface area contributed by atoms with Crippen LogP contribution >= 0.6 is 15.9 Å². The van der Waals surface area contributed by atoms with E-state index in [9.17, 15) is 0 Å². The second-order valence-electron chi connectivity index (χ2n) is 4.45. The van der Waals surface area contributed by atoms with Crippen LogP contribution in [0.4, 0.5) is 5.82 Å². The summed E-state index contributed by atoms with van der Waals surface area (Å²) in [4.78, 5) is 4.61. The van der Waals surface area contributed by atoms with Crippen LogP contribution in [-0.4, -0.2) is 16.4 Å². The predicted molar refractivity (Wildman–Crippen MR) is 77.8 cm³/mol. The van der Waals surface area contributed by atoms with E-state index in [-0.39, 0.29) is 0 Å². The normalized spacial score (nSPS) is 14.5. The third-order valence-electron chi connectivity index (χ3n) is 3.07. The number of alkyl halides is 1. The number of benzene rings is 1. The molecule has 0 aliphatic heterocycles. The van der Waals surface area contributed by atoms with Crippen molar-refractivity contribution in [2.75, 3.05) is 10.6 Å². The standard InChI is InChI=1S/C14H17BrN2/c1-10(9-15)11(2)16-14-8-7-12-5-3-4-6-13(12)17-14/h3-8,10-11H,9H2,1-2H3,(H,16,17). The third-order valence-corrected chi connectivity index (χ3v) is 4.09. The van der Waals surface area contributed by atoms with Crippen molar-refractivity contribution in [3.63, 3.8) is 0 Å². The van der Waals surface area contributed by atoms with Gasteiger partial charge in [0, 0.05) is 16.8 Å². The van der Waals surface area contributed by atoms with Crippen molar-refractivity contribution < 1.29 is 0 Å². The Morgan fingerprint density at radius 3 is 2.71 bits per heavy atom. The highest BCUT2D eigenvalue weighted by molar-refractivity contribution is 9.09. The van der Waals surface area contributed by atoms with Gasteiger partial charge in [0.25, 0.3) is 0 Å². The lowest BCUT2D eigenvalue weighted by Gasteiger charge is -2.19. The average molecular weight is 293 g/mol. The van der Waals surface area contributed by atoms with Crippen LogP contribution in [-0.2, 0) is 0 Å². The van der Waals surface area contributed by atoms with E-state index in [0.717, 1.165) is 16.7 Å². The molecule has 0 amide bonds. The largest absolute Gasteiger partial charge is 0.367 e. The molecule has 17 heavy (non-hydrogen) atoms. The van der Waals surface area contributed by atoms with Gasteiger partial charge in [0.05, 0.1) is 5.52 Å². The molecule has 1 aromatic heterocycles. The Kier molecular flexibility index (Phi) is 4.00. The molecule has 2 unspecified atom stereocenters. The summed E-state index contributed by atoms with van der Waals surface area (Å²) in [5.74, 6) is 1.52. The summed E-state index contributed by atoms with van der Waals surface area (Å²) in [7, 11) is 0. The highest BCUT2D eigenvalue weighted by atomic mass is 79.9. The van der Waals surface area contributed by atoms with Crippen LogP contribution in [0.5, 0.6) is 0 Å². The summed E-state index contributed by atoms with van der Waals surface area (Å²) in [5, 5.41) is 5.62. The number of nitrogens with zero attached hydrogens (tertiary/aromatic N) is 1. The Balaban J connectivity index is 2.19. The van der Waals surface area contributed by atoms with Gasteiger partial charge in [-0.15, -0.1) is 0 Å². The topological polar surface area (TPSA) is 24.9 Å². The van der Waals surface area contributed by atoms with Gasteiger partial charge in [0.1, 0.15) is 5.82 Å². The number of aromatic nitrogens is 1. The minimum atomic E-state index is 0.406. The number of rotatable bonds is 4. The molecule has 3 heteroatoms. The summed E-state index contributed by atoms with van der Waals surface area (Å²) in [6.45, 7) is 4.40. The van der Waals surface area contributed by atoms with Crippen LogP contribution in [0, 0.1) is 5.92 Å². The van der Waals surface area contributed by atoms with Crippen molar-refractivity contribution >= 4 is 32.7 Å². The quantitative estimate of drug-likeness (QED) is 0.860. The van der Waals surface area contributed by atoms with E-state index in [1.807, 2.05) is 24.3 Å². The Labute approximate surface area is 111 Å². The smallest absolute Gasteiger partial charge is 0.126 e. The average Bonchev–Trinajstić information content (AvgIpc) is 2.37. The molecule has 0 spiro atoms. The van der Waals surface area contributed by atoms with E-state index < -0.39 is 0 Å². The second kappa shape index (κ2) is 5.50. The summed E-state index contributed by atoms with van der Waals surface area (Å²) < 4.78 is 0. The zero-order valence-electron chi connectivity index (χ0n) is 10.2. The van der Waals surface area contributed by atoms with E-state index in [1.165, 1.54) is 5.39 Å². The fraction of sp³-hybridized carbons (Fsp3) is 0.357. The minimum Gasteiger partial charge on any atom is -0.367 e. The zero-order chi connectivity index (χ0) is 12.3. The summed E-state index contributed by atoms with van der Waals surface area (Å²) >= 11 is 3.51.